The van der Waals surface area contributed by atoms with Gasteiger partial charge in [-0.2, -0.15) is 13.2 Å². The minimum atomic E-state index is -4.68. The van der Waals surface area contributed by atoms with Crippen LogP contribution in [0.1, 0.15) is 96.0 Å². The number of rotatable bonds is 12. The molecule has 4 amide bonds. The quantitative estimate of drug-likeness (QED) is 0.250. The molecule has 1 aromatic carbocycles. The Morgan fingerprint density at radius 2 is 1.73 bits per heavy atom. The van der Waals surface area contributed by atoms with E-state index < -0.39 is 36.1 Å². The van der Waals surface area contributed by atoms with Crippen LogP contribution in [0.5, 0.6) is 0 Å². The number of hydrogen-bond acceptors (Lipinski definition) is 4. The highest BCUT2D eigenvalue weighted by Crippen LogP contribution is 2.33. The lowest BCUT2D eigenvalue weighted by Gasteiger charge is -2.42. The largest absolute Gasteiger partial charge is 0.416 e. The molecule has 232 valence electrons. The van der Waals surface area contributed by atoms with Crippen LogP contribution in [-0.4, -0.2) is 60.5 Å². The zero-order valence-corrected chi connectivity index (χ0v) is 25.5. The SMILES string of the molecule is CC(C)CCC[C@@H]1C[C@H](N(C)C(C)C)CC[C@@H]1NC(=O)CNC(=O)c1cc(C(F)(F)F)ccc1NC(=O)NC(C)C. The monoisotopic (exact) mass is 583 g/mol. The molecule has 1 aliphatic rings. The molecule has 0 radical (unpaired) electrons. The molecule has 2 rings (SSSR count). The number of carbonyl (C=O) groups is 3. The highest BCUT2D eigenvalue weighted by atomic mass is 19.4. The molecule has 0 aromatic heterocycles. The van der Waals surface area contributed by atoms with Crippen molar-refractivity contribution in [2.75, 3.05) is 18.9 Å². The van der Waals surface area contributed by atoms with E-state index in [9.17, 15) is 27.6 Å². The normalized spacial score (nSPS) is 19.5. The summed E-state index contributed by atoms with van der Waals surface area (Å²) in [7, 11) is 2.14. The Balaban J connectivity index is 2.10. The topological polar surface area (TPSA) is 103 Å². The molecule has 4 N–H and O–H groups in total. The smallest absolute Gasteiger partial charge is 0.352 e. The van der Waals surface area contributed by atoms with E-state index in [2.05, 4.69) is 60.9 Å². The molecule has 0 heterocycles. The maximum Gasteiger partial charge on any atom is 0.416 e. The molecule has 8 nitrogen and oxygen atoms in total. The van der Waals surface area contributed by atoms with Crippen LogP contribution >= 0.6 is 0 Å². The van der Waals surface area contributed by atoms with Gasteiger partial charge in [0, 0.05) is 24.2 Å². The standard InChI is InChI=1S/C30H48F3N5O3/c1-18(2)9-8-10-21-15-23(38(7)20(5)6)12-14-25(21)36-27(39)17-34-28(40)24-16-22(30(31,32)33)11-13-26(24)37-29(41)35-19(3)4/h11,13,16,18-21,23,25H,8-10,12,14-15,17H2,1-7H3,(H,34,40)(H,36,39)(H2,35,37,41)/t21-,23-,25+/m1/s1. The summed E-state index contributed by atoms with van der Waals surface area (Å²) in [4.78, 5) is 40.4. The molecular formula is C30H48F3N5O3. The Labute approximate surface area is 242 Å². The Hall–Kier alpha value is -2.82. The van der Waals surface area contributed by atoms with Gasteiger partial charge in [0.1, 0.15) is 0 Å². The highest BCUT2D eigenvalue weighted by molar-refractivity contribution is 6.04. The maximum atomic E-state index is 13.4. The summed E-state index contributed by atoms with van der Waals surface area (Å²) >= 11 is 0. The third-order valence-corrected chi connectivity index (χ3v) is 7.72. The van der Waals surface area contributed by atoms with Gasteiger partial charge in [-0.3, -0.25) is 9.59 Å². The van der Waals surface area contributed by atoms with Crippen LogP contribution in [-0.2, 0) is 11.0 Å². The van der Waals surface area contributed by atoms with Crippen molar-refractivity contribution in [1.29, 1.82) is 0 Å². The van der Waals surface area contributed by atoms with Crippen molar-refractivity contribution < 1.29 is 27.6 Å². The van der Waals surface area contributed by atoms with Gasteiger partial charge < -0.3 is 26.2 Å². The number of anilines is 1. The highest BCUT2D eigenvalue weighted by Gasteiger charge is 2.34. The number of alkyl halides is 3. The fourth-order valence-electron chi connectivity index (χ4n) is 5.28. The minimum Gasteiger partial charge on any atom is -0.352 e. The molecule has 3 atom stereocenters. The van der Waals surface area contributed by atoms with Gasteiger partial charge in [0.2, 0.25) is 5.91 Å². The van der Waals surface area contributed by atoms with Gasteiger partial charge in [-0.25, -0.2) is 4.79 Å². The molecule has 0 spiro atoms. The van der Waals surface area contributed by atoms with Crippen LogP contribution in [0.15, 0.2) is 18.2 Å². The Morgan fingerprint density at radius 3 is 2.32 bits per heavy atom. The first kappa shape index (κ1) is 34.4. The van der Waals surface area contributed by atoms with Gasteiger partial charge in [-0.1, -0.05) is 26.7 Å². The summed E-state index contributed by atoms with van der Waals surface area (Å²) in [6.45, 7) is 11.8. The van der Waals surface area contributed by atoms with Crippen molar-refractivity contribution in [2.24, 2.45) is 11.8 Å². The van der Waals surface area contributed by atoms with Crippen LogP contribution < -0.4 is 21.3 Å². The second kappa shape index (κ2) is 15.4. The lowest BCUT2D eigenvalue weighted by molar-refractivity contribution is -0.137. The predicted molar refractivity (Wildman–Crippen MR) is 156 cm³/mol. The average molecular weight is 584 g/mol. The molecule has 11 heteroatoms. The Morgan fingerprint density at radius 1 is 1.05 bits per heavy atom. The molecule has 0 saturated heterocycles. The van der Waals surface area contributed by atoms with Crippen molar-refractivity contribution >= 4 is 23.5 Å². The van der Waals surface area contributed by atoms with Crippen LogP contribution in [0, 0.1) is 11.8 Å². The van der Waals surface area contributed by atoms with Gasteiger partial charge in [-0.05, 0) is 90.5 Å². The van der Waals surface area contributed by atoms with Crippen LogP contribution in [0.25, 0.3) is 0 Å². The molecule has 0 aliphatic heterocycles. The minimum absolute atomic E-state index is 0.0334. The maximum absolute atomic E-state index is 13.4. The van der Waals surface area contributed by atoms with Crippen LogP contribution in [0.3, 0.4) is 0 Å². The third-order valence-electron chi connectivity index (χ3n) is 7.72. The van der Waals surface area contributed by atoms with Gasteiger partial charge in [0.05, 0.1) is 23.4 Å². The van der Waals surface area contributed by atoms with Crippen molar-refractivity contribution in [3.05, 3.63) is 29.3 Å². The summed E-state index contributed by atoms with van der Waals surface area (Å²) in [5, 5.41) is 10.5. The molecule has 0 unspecified atom stereocenters. The fourth-order valence-corrected chi connectivity index (χ4v) is 5.28. The zero-order chi connectivity index (χ0) is 30.9. The number of carbonyl (C=O) groups excluding carboxylic acids is 3. The number of nitrogens with one attached hydrogen (secondary N) is 4. The van der Waals surface area contributed by atoms with E-state index >= 15 is 0 Å². The Kier molecular flexibility index (Phi) is 12.9. The molecular weight excluding hydrogens is 535 g/mol. The lowest BCUT2D eigenvalue weighted by atomic mass is 9.77. The number of nitrogens with zero attached hydrogens (tertiary/aromatic N) is 1. The van der Waals surface area contributed by atoms with E-state index in [0.29, 0.717) is 30.0 Å². The van der Waals surface area contributed by atoms with E-state index in [1.54, 1.807) is 13.8 Å². The lowest BCUT2D eigenvalue weighted by Crippen LogP contribution is -2.51. The zero-order valence-electron chi connectivity index (χ0n) is 25.5. The van der Waals surface area contributed by atoms with Gasteiger partial charge >= 0.3 is 12.2 Å². The summed E-state index contributed by atoms with van der Waals surface area (Å²) < 4.78 is 40.1. The molecule has 1 aliphatic carbocycles. The van der Waals surface area contributed by atoms with Crippen molar-refractivity contribution in [1.82, 2.24) is 20.9 Å². The summed E-state index contributed by atoms with van der Waals surface area (Å²) in [6, 6.07) is 2.45. The van der Waals surface area contributed by atoms with E-state index in [-0.39, 0.29) is 23.3 Å². The second-order valence-corrected chi connectivity index (χ2v) is 12.2. The molecule has 0 bridgehead atoms. The van der Waals surface area contributed by atoms with E-state index in [4.69, 9.17) is 0 Å². The number of halogens is 3. The number of amides is 4. The molecule has 41 heavy (non-hydrogen) atoms. The summed E-state index contributed by atoms with van der Waals surface area (Å²) in [6.07, 6.45) is 1.24. The van der Waals surface area contributed by atoms with Crippen molar-refractivity contribution in [3.8, 4) is 0 Å². The number of urea groups is 1. The fraction of sp³-hybridized carbons (Fsp3) is 0.700. The van der Waals surface area contributed by atoms with E-state index in [1.807, 2.05) is 0 Å². The van der Waals surface area contributed by atoms with E-state index in [0.717, 1.165) is 50.7 Å². The second-order valence-electron chi connectivity index (χ2n) is 12.2. The van der Waals surface area contributed by atoms with Gasteiger partial charge in [0.15, 0.2) is 0 Å². The van der Waals surface area contributed by atoms with Crippen molar-refractivity contribution in [3.63, 3.8) is 0 Å². The number of benzene rings is 1. The molecule has 1 fully saturated rings. The van der Waals surface area contributed by atoms with Crippen LogP contribution in [0.2, 0.25) is 0 Å². The van der Waals surface area contributed by atoms with Gasteiger partial charge in [-0.15, -0.1) is 0 Å². The molecule has 1 saturated carbocycles. The first-order chi connectivity index (χ1) is 19.1. The van der Waals surface area contributed by atoms with Crippen molar-refractivity contribution in [2.45, 2.75) is 110 Å². The first-order valence-corrected chi connectivity index (χ1v) is 14.7. The first-order valence-electron chi connectivity index (χ1n) is 14.7. The van der Waals surface area contributed by atoms with Crippen LogP contribution in [0.4, 0.5) is 23.7 Å². The van der Waals surface area contributed by atoms with Gasteiger partial charge in [0.25, 0.3) is 5.91 Å². The average Bonchev–Trinajstić information content (AvgIpc) is 2.86. The van der Waals surface area contributed by atoms with E-state index in [1.165, 1.54) is 0 Å². The number of hydrogen-bond donors (Lipinski definition) is 4. The summed E-state index contributed by atoms with van der Waals surface area (Å²) in [5.74, 6) is -0.386. The predicted octanol–water partition coefficient (Wildman–Crippen LogP) is 5.79. The third kappa shape index (κ3) is 11.2. The Bertz CT molecular complexity index is 1030. The summed E-state index contributed by atoms with van der Waals surface area (Å²) in [5.41, 5.74) is -1.50. The molecule has 1 aromatic rings.